The average molecular weight is 338 g/mol. The number of hydrogen-bond donors (Lipinski definition) is 1. The Labute approximate surface area is 149 Å². The summed E-state index contributed by atoms with van der Waals surface area (Å²) in [6.45, 7) is 8.45. The molecular weight excluding hydrogens is 312 g/mol. The summed E-state index contributed by atoms with van der Waals surface area (Å²) < 4.78 is 0. The molecule has 2 rings (SSSR count). The molecule has 0 unspecified atom stereocenters. The molecule has 0 aromatic heterocycles. The molecule has 2 aromatic rings. The Bertz CT molecular complexity index is 748. The van der Waals surface area contributed by atoms with Gasteiger partial charge in [0.15, 0.2) is 0 Å². The largest absolute Gasteiger partial charge is 0.338 e. The fourth-order valence-electron chi connectivity index (χ4n) is 2.79. The van der Waals surface area contributed by atoms with Crippen LogP contribution in [0.15, 0.2) is 42.5 Å². The molecule has 0 saturated heterocycles. The van der Waals surface area contributed by atoms with E-state index in [9.17, 15) is 9.59 Å². The van der Waals surface area contributed by atoms with Crippen molar-refractivity contribution in [1.82, 2.24) is 4.90 Å². The molecule has 0 aliphatic heterocycles. The number of para-hydroxylation sites is 1. The van der Waals surface area contributed by atoms with Crippen LogP contribution in [0, 0.1) is 20.8 Å². The first-order valence-electron chi connectivity index (χ1n) is 8.54. The maximum atomic E-state index is 12.3. The number of rotatable bonds is 6. The lowest BCUT2D eigenvalue weighted by atomic mass is 10.1. The van der Waals surface area contributed by atoms with Gasteiger partial charge in [-0.2, -0.15) is 0 Å². The molecule has 2 amide bonds. The molecule has 4 nitrogen and oxygen atoms in total. The van der Waals surface area contributed by atoms with E-state index in [1.807, 2.05) is 63.2 Å². The van der Waals surface area contributed by atoms with E-state index in [0.29, 0.717) is 13.1 Å². The smallest absolute Gasteiger partial charge is 0.226 e. The highest BCUT2D eigenvalue weighted by molar-refractivity contribution is 5.92. The molecule has 132 valence electrons. The summed E-state index contributed by atoms with van der Waals surface area (Å²) in [6.07, 6.45) is 0.277. The van der Waals surface area contributed by atoms with Gasteiger partial charge in [0.05, 0.1) is 0 Å². The Hall–Kier alpha value is -2.62. The first kappa shape index (κ1) is 18.7. The fraction of sp³-hybridized carbons (Fsp3) is 0.333. The second-order valence-corrected chi connectivity index (χ2v) is 6.43. The van der Waals surface area contributed by atoms with Gasteiger partial charge < -0.3 is 10.2 Å². The molecule has 0 saturated carbocycles. The van der Waals surface area contributed by atoms with Crippen LogP contribution < -0.4 is 5.32 Å². The first-order valence-corrected chi connectivity index (χ1v) is 8.54. The Balaban J connectivity index is 1.98. The monoisotopic (exact) mass is 338 g/mol. The van der Waals surface area contributed by atoms with Crippen LogP contribution in [0.2, 0.25) is 0 Å². The summed E-state index contributed by atoms with van der Waals surface area (Å²) in [5.41, 5.74) is 5.19. The number of anilines is 1. The van der Waals surface area contributed by atoms with Crippen LogP contribution in [-0.2, 0) is 16.1 Å². The summed E-state index contributed by atoms with van der Waals surface area (Å²) in [6, 6.07) is 13.9. The van der Waals surface area contributed by atoms with E-state index < -0.39 is 0 Å². The summed E-state index contributed by atoms with van der Waals surface area (Å²) in [5, 5.41) is 2.97. The molecule has 1 N–H and O–H groups in total. The van der Waals surface area contributed by atoms with E-state index in [1.54, 1.807) is 11.8 Å². The third-order valence-electron chi connectivity index (χ3n) is 4.42. The summed E-state index contributed by atoms with van der Waals surface area (Å²) in [5.74, 6) is -0.100. The number of benzene rings is 2. The van der Waals surface area contributed by atoms with Crippen LogP contribution in [0.4, 0.5) is 5.69 Å². The van der Waals surface area contributed by atoms with E-state index in [4.69, 9.17) is 0 Å². The highest BCUT2D eigenvalue weighted by atomic mass is 16.2. The van der Waals surface area contributed by atoms with Gasteiger partial charge >= 0.3 is 0 Å². The van der Waals surface area contributed by atoms with Crippen molar-refractivity contribution in [3.05, 3.63) is 64.7 Å². The molecular formula is C21H26N2O2. The minimum Gasteiger partial charge on any atom is -0.338 e. The Kier molecular flexibility index (Phi) is 6.34. The second kappa shape index (κ2) is 8.47. The number of nitrogens with one attached hydrogen (secondary N) is 1. The predicted octanol–water partition coefficient (Wildman–Crippen LogP) is 3.99. The van der Waals surface area contributed by atoms with E-state index in [1.165, 1.54) is 0 Å². The van der Waals surface area contributed by atoms with Crippen LogP contribution in [0.25, 0.3) is 0 Å². The van der Waals surface area contributed by atoms with Gasteiger partial charge in [-0.05, 0) is 43.0 Å². The zero-order valence-electron chi connectivity index (χ0n) is 15.4. The number of amides is 2. The van der Waals surface area contributed by atoms with Gasteiger partial charge in [-0.15, -0.1) is 0 Å². The van der Waals surface area contributed by atoms with Gasteiger partial charge in [-0.3, -0.25) is 9.59 Å². The summed E-state index contributed by atoms with van der Waals surface area (Å²) in [4.78, 5) is 26.0. The normalized spacial score (nSPS) is 10.4. The molecule has 2 aromatic carbocycles. The number of carbonyl (C=O) groups is 2. The Morgan fingerprint density at radius 3 is 2.12 bits per heavy atom. The Morgan fingerprint density at radius 2 is 1.52 bits per heavy atom. The fourth-order valence-corrected chi connectivity index (χ4v) is 2.79. The Morgan fingerprint density at radius 1 is 0.920 bits per heavy atom. The lowest BCUT2D eigenvalue weighted by Crippen LogP contribution is -2.32. The summed E-state index contributed by atoms with van der Waals surface area (Å²) >= 11 is 0. The highest BCUT2D eigenvalue weighted by Gasteiger charge is 2.14. The van der Waals surface area contributed by atoms with Crippen LogP contribution in [0.1, 0.15) is 35.6 Å². The third-order valence-corrected chi connectivity index (χ3v) is 4.42. The maximum absolute atomic E-state index is 12.3. The minimum absolute atomic E-state index is 0.0249. The van der Waals surface area contributed by atoms with E-state index in [2.05, 4.69) is 5.32 Å². The maximum Gasteiger partial charge on any atom is 0.226 e. The minimum atomic E-state index is -0.0755. The first-order chi connectivity index (χ1) is 11.9. The van der Waals surface area contributed by atoms with Crippen molar-refractivity contribution in [2.75, 3.05) is 11.9 Å². The third kappa shape index (κ3) is 5.18. The van der Waals surface area contributed by atoms with E-state index in [-0.39, 0.29) is 18.2 Å². The van der Waals surface area contributed by atoms with Crippen LogP contribution >= 0.6 is 0 Å². The molecule has 0 bridgehead atoms. The molecule has 0 heterocycles. The van der Waals surface area contributed by atoms with E-state index in [0.717, 1.165) is 27.9 Å². The second-order valence-electron chi connectivity index (χ2n) is 6.43. The standard InChI is InChI=1S/C21H26N2O2/c1-15-8-5-6-11-19(15)14-23(18(4)24)13-12-20(25)22-21-16(2)9-7-10-17(21)3/h5-11H,12-14H2,1-4H3,(H,22,25). The van der Waals surface area contributed by atoms with Crippen molar-refractivity contribution < 1.29 is 9.59 Å². The predicted molar refractivity (Wildman–Crippen MR) is 101 cm³/mol. The van der Waals surface area contributed by atoms with Crippen LogP contribution in [0.5, 0.6) is 0 Å². The van der Waals surface area contributed by atoms with Gasteiger partial charge in [0.2, 0.25) is 11.8 Å². The number of hydrogen-bond acceptors (Lipinski definition) is 2. The SMILES string of the molecule is CC(=O)N(CCC(=O)Nc1c(C)cccc1C)Cc1ccccc1C. The van der Waals surface area contributed by atoms with E-state index >= 15 is 0 Å². The molecule has 0 fully saturated rings. The van der Waals surface area contributed by atoms with Crippen molar-refractivity contribution >= 4 is 17.5 Å². The number of aryl methyl sites for hydroxylation is 3. The van der Waals surface area contributed by atoms with Gasteiger partial charge in [0.1, 0.15) is 0 Å². The van der Waals surface area contributed by atoms with Gasteiger partial charge in [0, 0.05) is 32.1 Å². The van der Waals surface area contributed by atoms with Gasteiger partial charge in [-0.1, -0.05) is 42.5 Å². The van der Waals surface area contributed by atoms with Crippen LogP contribution in [0.3, 0.4) is 0 Å². The number of carbonyl (C=O) groups excluding carboxylic acids is 2. The molecule has 0 spiro atoms. The molecule has 0 atom stereocenters. The van der Waals surface area contributed by atoms with Crippen molar-refractivity contribution in [3.63, 3.8) is 0 Å². The van der Waals surface area contributed by atoms with Crippen molar-refractivity contribution in [1.29, 1.82) is 0 Å². The zero-order valence-corrected chi connectivity index (χ0v) is 15.4. The summed E-state index contributed by atoms with van der Waals surface area (Å²) in [7, 11) is 0. The average Bonchev–Trinajstić information content (AvgIpc) is 2.56. The van der Waals surface area contributed by atoms with Crippen molar-refractivity contribution in [3.8, 4) is 0 Å². The number of nitrogens with zero attached hydrogens (tertiary/aromatic N) is 1. The molecule has 0 radical (unpaired) electrons. The molecule has 4 heteroatoms. The van der Waals surface area contributed by atoms with Gasteiger partial charge in [-0.25, -0.2) is 0 Å². The molecule has 0 aliphatic carbocycles. The van der Waals surface area contributed by atoms with Crippen molar-refractivity contribution in [2.24, 2.45) is 0 Å². The molecule has 25 heavy (non-hydrogen) atoms. The van der Waals surface area contributed by atoms with Crippen molar-refractivity contribution in [2.45, 2.75) is 40.7 Å². The lowest BCUT2D eigenvalue weighted by molar-refractivity contribution is -0.129. The van der Waals surface area contributed by atoms with Crippen LogP contribution in [-0.4, -0.2) is 23.3 Å². The topological polar surface area (TPSA) is 49.4 Å². The lowest BCUT2D eigenvalue weighted by Gasteiger charge is -2.22. The highest BCUT2D eigenvalue weighted by Crippen LogP contribution is 2.19. The van der Waals surface area contributed by atoms with Gasteiger partial charge in [0.25, 0.3) is 0 Å². The quantitative estimate of drug-likeness (QED) is 0.866. The zero-order chi connectivity index (χ0) is 18.4. The molecule has 0 aliphatic rings.